The molecule has 0 unspecified atom stereocenters. The van der Waals surface area contributed by atoms with Gasteiger partial charge in [0.25, 0.3) is 0 Å². The molecule has 6 heteroatoms. The Bertz CT molecular complexity index is 650. The average molecular weight is 328 g/mol. The molecule has 0 radical (unpaired) electrons. The summed E-state index contributed by atoms with van der Waals surface area (Å²) in [6.45, 7) is 4.67. The molecule has 2 aromatic heterocycles. The fourth-order valence-electron chi connectivity index (χ4n) is 3.01. The van der Waals surface area contributed by atoms with Gasteiger partial charge in [0.05, 0.1) is 6.10 Å². The number of aryl methyl sites for hydroxylation is 2. The van der Waals surface area contributed by atoms with Crippen LogP contribution in [-0.2, 0) is 22.6 Å². The predicted octanol–water partition coefficient (Wildman–Crippen LogP) is 2.18. The predicted molar refractivity (Wildman–Crippen MR) is 90.2 cm³/mol. The number of hydrogen-bond donors (Lipinski definition) is 0. The lowest BCUT2D eigenvalue weighted by Crippen LogP contribution is -2.37. The van der Waals surface area contributed by atoms with Crippen molar-refractivity contribution >= 4 is 5.91 Å². The summed E-state index contributed by atoms with van der Waals surface area (Å²) in [6, 6.07) is 3.91. The topological polar surface area (TPSA) is 60.2 Å². The van der Waals surface area contributed by atoms with Crippen LogP contribution in [0.15, 0.2) is 36.9 Å². The van der Waals surface area contributed by atoms with Gasteiger partial charge in [-0.05, 0) is 37.5 Å². The van der Waals surface area contributed by atoms with Crippen LogP contribution in [-0.4, -0.2) is 44.6 Å². The Labute approximate surface area is 142 Å². The molecule has 1 aliphatic heterocycles. The number of carbonyl (C=O) groups is 1. The summed E-state index contributed by atoms with van der Waals surface area (Å²) in [5, 5.41) is 0. The highest BCUT2D eigenvalue weighted by atomic mass is 16.5. The first-order valence-corrected chi connectivity index (χ1v) is 8.48. The molecular weight excluding hydrogens is 304 g/mol. The normalized spacial score (nSPS) is 17.1. The minimum absolute atomic E-state index is 0.149. The van der Waals surface area contributed by atoms with Gasteiger partial charge < -0.3 is 14.2 Å². The maximum absolute atomic E-state index is 12.8. The summed E-state index contributed by atoms with van der Waals surface area (Å²) in [7, 11) is 0. The Morgan fingerprint density at radius 3 is 2.88 bits per heavy atom. The lowest BCUT2D eigenvalue weighted by molar-refractivity contribution is -0.133. The molecule has 1 fully saturated rings. The van der Waals surface area contributed by atoms with Crippen molar-refractivity contribution in [2.75, 3.05) is 13.2 Å². The summed E-state index contributed by atoms with van der Waals surface area (Å²) < 4.78 is 7.73. The molecule has 3 heterocycles. The van der Waals surface area contributed by atoms with Crippen LogP contribution in [0.5, 0.6) is 0 Å². The summed E-state index contributed by atoms with van der Waals surface area (Å²) in [5.74, 6) is 1.08. The Hall–Kier alpha value is -2.21. The van der Waals surface area contributed by atoms with E-state index in [1.807, 2.05) is 34.7 Å². The molecule has 128 valence electrons. The Morgan fingerprint density at radius 1 is 1.38 bits per heavy atom. The van der Waals surface area contributed by atoms with Crippen LogP contribution >= 0.6 is 0 Å². The quantitative estimate of drug-likeness (QED) is 0.782. The van der Waals surface area contributed by atoms with E-state index in [9.17, 15) is 4.79 Å². The van der Waals surface area contributed by atoms with Crippen LogP contribution in [0.25, 0.3) is 0 Å². The molecule has 3 rings (SSSR count). The van der Waals surface area contributed by atoms with E-state index in [0.29, 0.717) is 26.1 Å². The Morgan fingerprint density at radius 2 is 2.21 bits per heavy atom. The number of ether oxygens (including phenoxy) is 1. The van der Waals surface area contributed by atoms with Crippen molar-refractivity contribution in [3.63, 3.8) is 0 Å². The highest BCUT2D eigenvalue weighted by Gasteiger charge is 2.22. The number of carbonyl (C=O) groups excluding carboxylic acids is 1. The van der Waals surface area contributed by atoms with Crippen LogP contribution in [0.1, 0.15) is 30.7 Å². The van der Waals surface area contributed by atoms with E-state index in [0.717, 1.165) is 30.8 Å². The number of nitrogens with zero attached hydrogens (tertiary/aromatic N) is 4. The van der Waals surface area contributed by atoms with Gasteiger partial charge in [-0.25, -0.2) is 4.98 Å². The van der Waals surface area contributed by atoms with Gasteiger partial charge >= 0.3 is 0 Å². The molecule has 0 aliphatic carbocycles. The van der Waals surface area contributed by atoms with Gasteiger partial charge in [0.1, 0.15) is 5.82 Å². The molecule has 0 aromatic carbocycles. The van der Waals surface area contributed by atoms with E-state index in [1.54, 1.807) is 18.6 Å². The summed E-state index contributed by atoms with van der Waals surface area (Å²) >= 11 is 0. The van der Waals surface area contributed by atoms with Crippen LogP contribution in [0.4, 0.5) is 0 Å². The molecule has 0 bridgehead atoms. The van der Waals surface area contributed by atoms with Crippen molar-refractivity contribution in [1.29, 1.82) is 0 Å². The van der Waals surface area contributed by atoms with E-state index < -0.39 is 0 Å². The summed E-state index contributed by atoms with van der Waals surface area (Å²) in [4.78, 5) is 22.9. The first-order chi connectivity index (χ1) is 11.7. The smallest absolute Gasteiger partial charge is 0.224 e. The molecule has 0 N–H and O–H groups in total. The number of pyridine rings is 1. The van der Waals surface area contributed by atoms with E-state index in [-0.39, 0.29) is 12.0 Å². The SMILES string of the molecule is Cc1nccn1CCC(=O)N(Cc1ccncc1)C[C@@H]1CCCO1. The average Bonchev–Trinajstić information content (AvgIpc) is 3.25. The van der Waals surface area contributed by atoms with Crippen LogP contribution in [0.3, 0.4) is 0 Å². The lowest BCUT2D eigenvalue weighted by Gasteiger charge is -2.26. The van der Waals surface area contributed by atoms with Crippen LogP contribution in [0, 0.1) is 6.92 Å². The molecule has 1 amide bonds. The van der Waals surface area contributed by atoms with Gasteiger partial charge in [-0.15, -0.1) is 0 Å². The molecule has 0 spiro atoms. The van der Waals surface area contributed by atoms with Gasteiger partial charge in [0.2, 0.25) is 5.91 Å². The van der Waals surface area contributed by atoms with Gasteiger partial charge in [-0.1, -0.05) is 0 Å². The van der Waals surface area contributed by atoms with Crippen molar-refractivity contribution in [2.45, 2.75) is 45.4 Å². The number of amides is 1. The van der Waals surface area contributed by atoms with E-state index in [4.69, 9.17) is 4.74 Å². The third-order valence-electron chi connectivity index (χ3n) is 4.41. The monoisotopic (exact) mass is 328 g/mol. The molecule has 24 heavy (non-hydrogen) atoms. The van der Waals surface area contributed by atoms with Gasteiger partial charge in [0, 0.05) is 57.4 Å². The van der Waals surface area contributed by atoms with Gasteiger partial charge in [-0.2, -0.15) is 0 Å². The minimum Gasteiger partial charge on any atom is -0.376 e. The fourth-order valence-corrected chi connectivity index (χ4v) is 3.01. The first kappa shape index (κ1) is 16.6. The second-order valence-electron chi connectivity index (χ2n) is 6.18. The van der Waals surface area contributed by atoms with Crippen molar-refractivity contribution in [1.82, 2.24) is 19.4 Å². The van der Waals surface area contributed by atoms with Crippen molar-refractivity contribution in [3.05, 3.63) is 48.3 Å². The summed E-state index contributed by atoms with van der Waals surface area (Å²) in [6.07, 6.45) is 9.94. The van der Waals surface area contributed by atoms with Crippen molar-refractivity contribution < 1.29 is 9.53 Å². The number of aromatic nitrogens is 3. The molecule has 1 aliphatic rings. The molecule has 2 aromatic rings. The molecule has 1 saturated heterocycles. The van der Waals surface area contributed by atoms with Crippen molar-refractivity contribution in [3.8, 4) is 0 Å². The van der Waals surface area contributed by atoms with Gasteiger partial charge in [-0.3, -0.25) is 9.78 Å². The van der Waals surface area contributed by atoms with Crippen LogP contribution in [0.2, 0.25) is 0 Å². The fraction of sp³-hybridized carbons (Fsp3) is 0.500. The van der Waals surface area contributed by atoms with Crippen LogP contribution < -0.4 is 0 Å². The van der Waals surface area contributed by atoms with Gasteiger partial charge in [0.15, 0.2) is 0 Å². The van der Waals surface area contributed by atoms with E-state index in [2.05, 4.69) is 9.97 Å². The van der Waals surface area contributed by atoms with Crippen molar-refractivity contribution in [2.24, 2.45) is 0 Å². The zero-order chi connectivity index (χ0) is 16.8. The molecule has 0 saturated carbocycles. The second-order valence-corrected chi connectivity index (χ2v) is 6.18. The standard InChI is InChI=1S/C18H24N4O2/c1-15-20-9-11-21(15)10-6-18(23)22(14-17-3-2-12-24-17)13-16-4-7-19-8-5-16/h4-5,7-9,11,17H,2-3,6,10,12-14H2,1H3/t17-/m0/s1. The first-order valence-electron chi connectivity index (χ1n) is 8.48. The number of hydrogen-bond acceptors (Lipinski definition) is 4. The molecule has 1 atom stereocenters. The second kappa shape index (κ2) is 8.06. The highest BCUT2D eigenvalue weighted by Crippen LogP contribution is 2.16. The lowest BCUT2D eigenvalue weighted by atomic mass is 10.2. The zero-order valence-electron chi connectivity index (χ0n) is 14.1. The molecular formula is C18H24N4O2. The Kier molecular flexibility index (Phi) is 5.59. The number of rotatable bonds is 7. The third kappa shape index (κ3) is 4.41. The largest absolute Gasteiger partial charge is 0.376 e. The highest BCUT2D eigenvalue weighted by molar-refractivity contribution is 5.76. The maximum atomic E-state index is 12.8. The maximum Gasteiger partial charge on any atom is 0.224 e. The minimum atomic E-state index is 0.149. The Balaban J connectivity index is 1.63. The van der Waals surface area contributed by atoms with E-state index >= 15 is 0 Å². The third-order valence-corrected chi connectivity index (χ3v) is 4.41. The summed E-state index contributed by atoms with van der Waals surface area (Å²) in [5.41, 5.74) is 1.09. The number of imidazole rings is 1. The zero-order valence-corrected chi connectivity index (χ0v) is 14.1. The molecule has 6 nitrogen and oxygen atoms in total. The van der Waals surface area contributed by atoms with E-state index in [1.165, 1.54) is 0 Å².